The molecule has 0 saturated heterocycles. The molecule has 0 fully saturated rings. The molecule has 32 heavy (non-hydrogen) atoms. The summed E-state index contributed by atoms with van der Waals surface area (Å²) < 4.78 is 15.7. The standard InChI is InChI=1S/C20H18N4O8/c1-11(19(26)31-3)32-17-15(24(28)29)8-12(9-16(17)30-2)10-21-23-18(25)13-6-4-5-7-14(13)22-20(23)27/h4-11H,1-3H3,(H,22,27)/t11-/m1/s1. The fourth-order valence-corrected chi connectivity index (χ4v) is 2.86. The molecular formula is C20H18N4O8. The van der Waals surface area contributed by atoms with E-state index >= 15 is 0 Å². The fraction of sp³-hybridized carbons (Fsp3) is 0.200. The van der Waals surface area contributed by atoms with E-state index in [0.29, 0.717) is 10.2 Å². The van der Waals surface area contributed by atoms with Crippen molar-refractivity contribution in [3.8, 4) is 11.5 Å². The highest BCUT2D eigenvalue weighted by molar-refractivity contribution is 5.84. The Morgan fingerprint density at radius 1 is 1.25 bits per heavy atom. The van der Waals surface area contributed by atoms with Gasteiger partial charge < -0.3 is 19.2 Å². The number of methoxy groups -OCH3 is 2. The highest BCUT2D eigenvalue weighted by Gasteiger charge is 2.26. The van der Waals surface area contributed by atoms with Gasteiger partial charge in [0, 0.05) is 11.6 Å². The minimum atomic E-state index is -1.14. The zero-order valence-corrected chi connectivity index (χ0v) is 17.2. The van der Waals surface area contributed by atoms with Crippen molar-refractivity contribution < 1.29 is 23.9 Å². The molecule has 1 aromatic heterocycles. The van der Waals surface area contributed by atoms with Crippen LogP contribution < -0.4 is 20.7 Å². The first-order chi connectivity index (χ1) is 15.3. The minimum Gasteiger partial charge on any atom is -0.493 e. The Hall–Kier alpha value is -4.48. The van der Waals surface area contributed by atoms with Gasteiger partial charge in [0.15, 0.2) is 11.9 Å². The average Bonchev–Trinajstić information content (AvgIpc) is 2.78. The SMILES string of the molecule is COC(=O)[C@@H](C)Oc1c(OC)cc(C=Nn2c(=O)[nH]c3ccccc3c2=O)cc1[N+](=O)[O-]. The second-order valence-electron chi connectivity index (χ2n) is 6.45. The van der Waals surface area contributed by atoms with Crippen LogP contribution in [0.25, 0.3) is 10.9 Å². The number of esters is 1. The van der Waals surface area contributed by atoms with Crippen LogP contribution in [0.4, 0.5) is 5.69 Å². The Morgan fingerprint density at radius 3 is 2.62 bits per heavy atom. The van der Waals surface area contributed by atoms with Gasteiger partial charge in [-0.2, -0.15) is 5.10 Å². The first-order valence-electron chi connectivity index (χ1n) is 9.16. The van der Waals surface area contributed by atoms with Gasteiger partial charge in [-0.25, -0.2) is 9.59 Å². The molecule has 2 aromatic carbocycles. The highest BCUT2D eigenvalue weighted by atomic mass is 16.6. The van der Waals surface area contributed by atoms with Gasteiger partial charge in [0.1, 0.15) is 0 Å². The molecule has 0 unspecified atom stereocenters. The van der Waals surface area contributed by atoms with E-state index in [0.717, 1.165) is 19.4 Å². The van der Waals surface area contributed by atoms with E-state index in [9.17, 15) is 24.5 Å². The number of carbonyl (C=O) groups excluding carboxylic acids is 1. The van der Waals surface area contributed by atoms with Crippen molar-refractivity contribution in [2.45, 2.75) is 13.0 Å². The van der Waals surface area contributed by atoms with E-state index in [1.807, 2.05) is 0 Å². The van der Waals surface area contributed by atoms with Gasteiger partial charge in [0.25, 0.3) is 5.56 Å². The van der Waals surface area contributed by atoms with Crippen molar-refractivity contribution >= 4 is 28.8 Å². The van der Waals surface area contributed by atoms with Crippen LogP contribution in [-0.2, 0) is 9.53 Å². The normalized spacial score (nSPS) is 12.0. The van der Waals surface area contributed by atoms with Gasteiger partial charge in [-0.3, -0.25) is 14.9 Å². The lowest BCUT2D eigenvalue weighted by Gasteiger charge is -2.15. The van der Waals surface area contributed by atoms with E-state index in [1.54, 1.807) is 18.2 Å². The van der Waals surface area contributed by atoms with Crippen LogP contribution in [0.1, 0.15) is 12.5 Å². The molecule has 0 aliphatic heterocycles. The molecule has 0 bridgehead atoms. The number of nitrogens with zero attached hydrogens (tertiary/aromatic N) is 3. The molecule has 1 atom stereocenters. The van der Waals surface area contributed by atoms with E-state index < -0.39 is 33.9 Å². The predicted octanol–water partition coefficient (Wildman–Crippen LogP) is 1.43. The topological polar surface area (TPSA) is 155 Å². The van der Waals surface area contributed by atoms with Gasteiger partial charge in [-0.1, -0.05) is 12.1 Å². The second kappa shape index (κ2) is 9.12. The molecule has 1 N–H and O–H groups in total. The summed E-state index contributed by atoms with van der Waals surface area (Å²) >= 11 is 0. The summed E-state index contributed by atoms with van der Waals surface area (Å²) in [7, 11) is 2.41. The van der Waals surface area contributed by atoms with Gasteiger partial charge in [-0.15, -0.1) is 4.68 Å². The quantitative estimate of drug-likeness (QED) is 0.249. The summed E-state index contributed by atoms with van der Waals surface area (Å²) in [6.07, 6.45) is -0.0455. The monoisotopic (exact) mass is 442 g/mol. The average molecular weight is 442 g/mol. The van der Waals surface area contributed by atoms with Crippen molar-refractivity contribution in [1.82, 2.24) is 9.66 Å². The van der Waals surface area contributed by atoms with Crippen molar-refractivity contribution in [2.75, 3.05) is 14.2 Å². The van der Waals surface area contributed by atoms with Crippen LogP contribution in [-0.4, -0.2) is 47.1 Å². The summed E-state index contributed by atoms with van der Waals surface area (Å²) in [5.41, 5.74) is -1.45. The summed E-state index contributed by atoms with van der Waals surface area (Å²) in [5.74, 6) is -1.08. The summed E-state index contributed by atoms with van der Waals surface area (Å²) in [6, 6.07) is 8.86. The molecule has 0 aliphatic carbocycles. The number of nitro groups is 1. The number of nitrogens with one attached hydrogen (secondary N) is 1. The summed E-state index contributed by atoms with van der Waals surface area (Å²) in [4.78, 5) is 49.8. The third kappa shape index (κ3) is 4.33. The van der Waals surface area contributed by atoms with Gasteiger partial charge in [-0.05, 0) is 25.1 Å². The van der Waals surface area contributed by atoms with Crippen molar-refractivity contribution in [1.29, 1.82) is 0 Å². The van der Waals surface area contributed by atoms with Gasteiger partial charge in [0.05, 0.1) is 36.3 Å². The maximum atomic E-state index is 12.6. The molecule has 3 aromatic rings. The number of hydrogen-bond donors (Lipinski definition) is 1. The molecule has 0 amide bonds. The highest BCUT2D eigenvalue weighted by Crippen LogP contribution is 2.38. The van der Waals surface area contributed by atoms with Crippen LogP contribution in [0.5, 0.6) is 11.5 Å². The van der Waals surface area contributed by atoms with Crippen molar-refractivity contribution in [3.63, 3.8) is 0 Å². The smallest absolute Gasteiger partial charge is 0.349 e. The van der Waals surface area contributed by atoms with Crippen molar-refractivity contribution in [3.05, 3.63) is 72.9 Å². The Morgan fingerprint density at radius 2 is 1.97 bits per heavy atom. The summed E-state index contributed by atoms with van der Waals surface area (Å²) in [5, 5.41) is 15.7. The second-order valence-corrected chi connectivity index (χ2v) is 6.45. The molecule has 12 heteroatoms. The third-order valence-corrected chi connectivity index (χ3v) is 4.41. The predicted molar refractivity (Wildman–Crippen MR) is 114 cm³/mol. The number of aromatic amines is 1. The zero-order chi connectivity index (χ0) is 23.4. The maximum absolute atomic E-state index is 12.6. The molecule has 0 aliphatic rings. The molecule has 0 saturated carbocycles. The first kappa shape index (κ1) is 22.2. The zero-order valence-electron chi connectivity index (χ0n) is 17.2. The number of benzene rings is 2. The lowest BCUT2D eigenvalue weighted by atomic mass is 10.2. The number of rotatable bonds is 7. The van der Waals surface area contributed by atoms with Crippen LogP contribution in [0.15, 0.2) is 51.1 Å². The van der Waals surface area contributed by atoms with Crippen LogP contribution in [0.2, 0.25) is 0 Å². The van der Waals surface area contributed by atoms with Crippen LogP contribution in [0.3, 0.4) is 0 Å². The fourth-order valence-electron chi connectivity index (χ4n) is 2.86. The summed E-state index contributed by atoms with van der Waals surface area (Å²) in [6.45, 7) is 1.36. The number of fused-ring (bicyclic) bond motifs is 1. The van der Waals surface area contributed by atoms with E-state index in [2.05, 4.69) is 14.8 Å². The van der Waals surface area contributed by atoms with E-state index in [1.165, 1.54) is 26.2 Å². The Labute approximate surface area is 179 Å². The number of carbonyl (C=O) groups is 1. The number of H-pyrrole nitrogens is 1. The minimum absolute atomic E-state index is 0.0591. The van der Waals surface area contributed by atoms with Gasteiger partial charge >= 0.3 is 17.3 Å². The molecule has 3 rings (SSSR count). The lowest BCUT2D eigenvalue weighted by molar-refractivity contribution is -0.386. The number of para-hydroxylation sites is 1. The molecule has 0 spiro atoms. The van der Waals surface area contributed by atoms with Crippen molar-refractivity contribution in [2.24, 2.45) is 5.10 Å². The number of ether oxygens (including phenoxy) is 3. The first-order valence-corrected chi connectivity index (χ1v) is 9.16. The maximum Gasteiger partial charge on any atom is 0.349 e. The van der Waals surface area contributed by atoms with Crippen LogP contribution >= 0.6 is 0 Å². The van der Waals surface area contributed by atoms with E-state index in [4.69, 9.17) is 9.47 Å². The lowest BCUT2D eigenvalue weighted by Crippen LogP contribution is -2.32. The Bertz CT molecular complexity index is 1340. The Kier molecular flexibility index (Phi) is 6.33. The van der Waals surface area contributed by atoms with Crippen LogP contribution in [0, 0.1) is 10.1 Å². The third-order valence-electron chi connectivity index (χ3n) is 4.41. The Balaban J connectivity index is 2.07. The molecule has 166 valence electrons. The number of hydrogen-bond acceptors (Lipinski definition) is 9. The number of aromatic nitrogens is 2. The molecule has 0 radical (unpaired) electrons. The molecule has 1 heterocycles. The largest absolute Gasteiger partial charge is 0.493 e. The molecule has 12 nitrogen and oxygen atoms in total. The number of nitro benzene ring substituents is 1. The van der Waals surface area contributed by atoms with Gasteiger partial charge in [0.2, 0.25) is 5.75 Å². The van der Waals surface area contributed by atoms with E-state index in [-0.39, 0.29) is 22.4 Å². The molecular weight excluding hydrogens is 424 g/mol.